The predicted octanol–water partition coefficient (Wildman–Crippen LogP) is 2.36. The molecule has 0 aliphatic carbocycles. The lowest BCUT2D eigenvalue weighted by atomic mass is 10.1. The van der Waals surface area contributed by atoms with Gasteiger partial charge in [0.05, 0.1) is 11.3 Å². The summed E-state index contributed by atoms with van der Waals surface area (Å²) in [5.74, 6) is -2.30. The van der Waals surface area contributed by atoms with Crippen LogP contribution in [0.25, 0.3) is 0 Å². The molecule has 6 nitrogen and oxygen atoms in total. The average Bonchev–Trinajstić information content (AvgIpc) is 2.37. The molecule has 2 aromatic carbocycles. The van der Waals surface area contributed by atoms with Gasteiger partial charge in [0.15, 0.2) is 0 Å². The van der Waals surface area contributed by atoms with Crippen molar-refractivity contribution in [3.05, 3.63) is 53.1 Å². The third-order valence-electron chi connectivity index (χ3n) is 2.90. The molecule has 2 rings (SSSR count). The van der Waals surface area contributed by atoms with Gasteiger partial charge in [-0.15, -0.1) is 0 Å². The number of carboxylic acid groups (broad SMARTS) is 1. The SMILES string of the molecule is Cc1cccc(NC(=O)c2cc(O)cc(O)c2)c1C(=O)O. The van der Waals surface area contributed by atoms with Crippen molar-refractivity contribution in [1.82, 2.24) is 0 Å². The number of amides is 1. The van der Waals surface area contributed by atoms with Crippen LogP contribution in [0.4, 0.5) is 5.69 Å². The maximum absolute atomic E-state index is 12.1. The molecule has 0 bridgehead atoms. The smallest absolute Gasteiger partial charge is 0.338 e. The zero-order valence-electron chi connectivity index (χ0n) is 11.1. The van der Waals surface area contributed by atoms with Gasteiger partial charge < -0.3 is 20.6 Å². The van der Waals surface area contributed by atoms with Crippen LogP contribution >= 0.6 is 0 Å². The number of hydrogen-bond acceptors (Lipinski definition) is 4. The van der Waals surface area contributed by atoms with Crippen molar-refractivity contribution >= 4 is 17.6 Å². The summed E-state index contributed by atoms with van der Waals surface area (Å²) in [7, 11) is 0. The summed E-state index contributed by atoms with van der Waals surface area (Å²) in [4.78, 5) is 23.3. The Morgan fingerprint density at radius 1 is 1.05 bits per heavy atom. The van der Waals surface area contributed by atoms with Gasteiger partial charge in [0.25, 0.3) is 5.91 Å². The normalized spacial score (nSPS) is 10.1. The number of aryl methyl sites for hydroxylation is 1. The van der Waals surface area contributed by atoms with E-state index in [1.54, 1.807) is 19.1 Å². The first-order valence-corrected chi connectivity index (χ1v) is 6.06. The first-order chi connectivity index (χ1) is 9.88. The molecule has 2 aromatic rings. The van der Waals surface area contributed by atoms with Gasteiger partial charge in [-0.1, -0.05) is 12.1 Å². The summed E-state index contributed by atoms with van der Waals surface area (Å²) in [5, 5.41) is 30.4. The topological polar surface area (TPSA) is 107 Å². The van der Waals surface area contributed by atoms with Crippen LogP contribution in [0.15, 0.2) is 36.4 Å². The third-order valence-corrected chi connectivity index (χ3v) is 2.90. The fourth-order valence-electron chi connectivity index (χ4n) is 1.98. The van der Waals surface area contributed by atoms with E-state index in [9.17, 15) is 24.9 Å². The monoisotopic (exact) mass is 287 g/mol. The second kappa shape index (κ2) is 5.54. The maximum Gasteiger partial charge on any atom is 0.338 e. The standard InChI is InChI=1S/C15H13NO5/c1-8-3-2-4-12(13(8)15(20)21)16-14(19)9-5-10(17)7-11(18)6-9/h2-7,17-18H,1H3,(H,16,19)(H,20,21). The second-order valence-electron chi connectivity index (χ2n) is 4.49. The Balaban J connectivity index is 2.36. The number of carbonyl (C=O) groups excluding carboxylic acids is 1. The number of carboxylic acids is 1. The lowest BCUT2D eigenvalue weighted by Gasteiger charge is -2.11. The summed E-state index contributed by atoms with van der Waals surface area (Å²) >= 11 is 0. The van der Waals surface area contributed by atoms with Gasteiger partial charge in [0, 0.05) is 11.6 Å². The number of rotatable bonds is 3. The van der Waals surface area contributed by atoms with Crippen LogP contribution in [0, 0.1) is 6.92 Å². The van der Waals surface area contributed by atoms with Crippen molar-refractivity contribution in [2.24, 2.45) is 0 Å². The van der Waals surface area contributed by atoms with Gasteiger partial charge in [-0.2, -0.15) is 0 Å². The first-order valence-electron chi connectivity index (χ1n) is 6.06. The Kier molecular flexibility index (Phi) is 3.80. The summed E-state index contributed by atoms with van der Waals surface area (Å²) in [6, 6.07) is 8.15. The fourth-order valence-corrected chi connectivity index (χ4v) is 1.98. The number of aromatic carboxylic acids is 1. The summed E-state index contributed by atoms with van der Waals surface area (Å²) in [6.45, 7) is 1.62. The minimum atomic E-state index is -1.15. The van der Waals surface area contributed by atoms with E-state index in [0.717, 1.165) is 6.07 Å². The number of nitrogens with one attached hydrogen (secondary N) is 1. The van der Waals surface area contributed by atoms with Crippen LogP contribution in [0.3, 0.4) is 0 Å². The first kappa shape index (κ1) is 14.4. The number of phenolic OH excluding ortho intramolecular Hbond substituents is 2. The molecule has 0 aromatic heterocycles. The van der Waals surface area contributed by atoms with E-state index >= 15 is 0 Å². The van der Waals surface area contributed by atoms with E-state index in [4.69, 9.17) is 0 Å². The van der Waals surface area contributed by atoms with Gasteiger partial charge in [-0.25, -0.2) is 4.79 Å². The van der Waals surface area contributed by atoms with Crippen molar-refractivity contribution in [1.29, 1.82) is 0 Å². The highest BCUT2D eigenvalue weighted by Gasteiger charge is 2.16. The van der Waals surface area contributed by atoms with E-state index in [0.29, 0.717) is 5.56 Å². The minimum absolute atomic E-state index is 0.00442. The predicted molar refractivity (Wildman–Crippen MR) is 75.9 cm³/mol. The Morgan fingerprint density at radius 3 is 2.24 bits per heavy atom. The number of hydrogen-bond donors (Lipinski definition) is 4. The van der Waals surface area contributed by atoms with Gasteiger partial charge >= 0.3 is 5.97 Å². The van der Waals surface area contributed by atoms with Crippen molar-refractivity contribution in [3.8, 4) is 11.5 Å². The fraction of sp³-hybridized carbons (Fsp3) is 0.0667. The van der Waals surface area contributed by atoms with Crippen molar-refractivity contribution in [3.63, 3.8) is 0 Å². The molecule has 0 saturated carbocycles. The molecule has 108 valence electrons. The molecule has 0 saturated heterocycles. The van der Waals surface area contributed by atoms with E-state index in [-0.39, 0.29) is 28.3 Å². The van der Waals surface area contributed by atoms with Gasteiger partial charge in [-0.05, 0) is 30.7 Å². The molecule has 21 heavy (non-hydrogen) atoms. The van der Waals surface area contributed by atoms with E-state index in [2.05, 4.69) is 5.32 Å². The van der Waals surface area contributed by atoms with E-state index < -0.39 is 11.9 Å². The quantitative estimate of drug-likeness (QED) is 0.693. The molecule has 0 fully saturated rings. The van der Waals surface area contributed by atoms with E-state index in [1.807, 2.05) is 0 Å². The molecule has 0 unspecified atom stereocenters. The molecule has 0 aliphatic rings. The van der Waals surface area contributed by atoms with E-state index in [1.165, 1.54) is 18.2 Å². The third kappa shape index (κ3) is 3.11. The molecule has 0 spiro atoms. The van der Waals surface area contributed by atoms with Crippen LogP contribution in [0.2, 0.25) is 0 Å². The van der Waals surface area contributed by atoms with Gasteiger partial charge in [0.1, 0.15) is 11.5 Å². The van der Waals surface area contributed by atoms with Gasteiger partial charge in [0.2, 0.25) is 0 Å². The molecule has 1 amide bonds. The Hall–Kier alpha value is -3.02. The van der Waals surface area contributed by atoms with Gasteiger partial charge in [-0.3, -0.25) is 4.79 Å². The van der Waals surface area contributed by atoms with Crippen LogP contribution in [-0.2, 0) is 0 Å². The molecule has 0 radical (unpaired) electrons. The number of carbonyl (C=O) groups is 2. The van der Waals surface area contributed by atoms with Crippen LogP contribution < -0.4 is 5.32 Å². The largest absolute Gasteiger partial charge is 0.508 e. The summed E-state index contributed by atoms with van der Waals surface area (Å²) in [5.41, 5.74) is 0.676. The number of anilines is 1. The highest BCUT2D eigenvalue weighted by atomic mass is 16.4. The number of aromatic hydroxyl groups is 2. The number of benzene rings is 2. The number of phenols is 2. The molecule has 4 N–H and O–H groups in total. The van der Waals surface area contributed by atoms with Crippen molar-refractivity contribution in [2.75, 3.05) is 5.32 Å². The zero-order chi connectivity index (χ0) is 15.6. The lowest BCUT2D eigenvalue weighted by molar-refractivity contribution is 0.0697. The molecule has 0 atom stereocenters. The Bertz CT molecular complexity index is 704. The maximum atomic E-state index is 12.1. The van der Waals surface area contributed by atoms with Crippen molar-refractivity contribution in [2.45, 2.75) is 6.92 Å². The molecule has 0 heterocycles. The Morgan fingerprint density at radius 2 is 1.67 bits per heavy atom. The van der Waals surface area contributed by atoms with Crippen LogP contribution in [0.5, 0.6) is 11.5 Å². The molecule has 6 heteroatoms. The Labute approximate surface area is 120 Å². The summed E-state index contributed by atoms with van der Waals surface area (Å²) < 4.78 is 0. The minimum Gasteiger partial charge on any atom is -0.508 e. The van der Waals surface area contributed by atoms with Crippen LogP contribution in [0.1, 0.15) is 26.3 Å². The van der Waals surface area contributed by atoms with Crippen molar-refractivity contribution < 1.29 is 24.9 Å². The molecular weight excluding hydrogens is 274 g/mol. The van der Waals surface area contributed by atoms with Crippen LogP contribution in [-0.4, -0.2) is 27.2 Å². The lowest BCUT2D eigenvalue weighted by Crippen LogP contribution is -2.15. The highest BCUT2D eigenvalue weighted by Crippen LogP contribution is 2.23. The second-order valence-corrected chi connectivity index (χ2v) is 4.49. The zero-order valence-corrected chi connectivity index (χ0v) is 11.1. The molecule has 0 aliphatic heterocycles. The summed E-state index contributed by atoms with van der Waals surface area (Å²) in [6.07, 6.45) is 0. The average molecular weight is 287 g/mol. The highest BCUT2D eigenvalue weighted by molar-refractivity contribution is 6.08. The molecular formula is C15H13NO5.